The summed E-state index contributed by atoms with van der Waals surface area (Å²) < 4.78 is 28.2. The van der Waals surface area contributed by atoms with Crippen molar-refractivity contribution < 1.29 is 47.7 Å². The number of hydrogen-bond acceptors (Lipinski definition) is 10. The van der Waals surface area contributed by atoms with E-state index >= 15 is 0 Å². The van der Waals surface area contributed by atoms with Crippen molar-refractivity contribution in [3.63, 3.8) is 0 Å². The first-order chi connectivity index (χ1) is 18.8. The molecule has 9 atom stereocenters. The van der Waals surface area contributed by atoms with Crippen LogP contribution in [0.5, 0.6) is 0 Å². The van der Waals surface area contributed by atoms with Crippen molar-refractivity contribution in [1.82, 2.24) is 0 Å². The second-order valence-corrected chi connectivity index (χ2v) is 12.1. The quantitative estimate of drug-likeness (QED) is 0.283. The van der Waals surface area contributed by atoms with Crippen LogP contribution < -0.4 is 0 Å². The van der Waals surface area contributed by atoms with E-state index in [0.717, 1.165) is 11.1 Å². The minimum absolute atomic E-state index is 0.137. The summed E-state index contributed by atoms with van der Waals surface area (Å²) in [6.45, 7) is 8.77. The number of carbonyl (C=O) groups excluding carboxylic acids is 5. The predicted octanol–water partition coefficient (Wildman–Crippen LogP) is 2.65. The van der Waals surface area contributed by atoms with E-state index < -0.39 is 64.3 Å². The average molecular weight is 557 g/mol. The summed E-state index contributed by atoms with van der Waals surface area (Å²) in [5.41, 5.74) is -1.34. The van der Waals surface area contributed by atoms with E-state index in [4.69, 9.17) is 23.7 Å². The lowest BCUT2D eigenvalue weighted by Gasteiger charge is -2.62. The highest BCUT2D eigenvalue weighted by atomic mass is 16.6. The van der Waals surface area contributed by atoms with Gasteiger partial charge in [-0.05, 0) is 43.9 Å². The normalized spacial score (nSPS) is 41.5. The molecule has 2 heterocycles. The number of carbonyl (C=O) groups is 5. The van der Waals surface area contributed by atoms with Gasteiger partial charge in [-0.2, -0.15) is 0 Å². The molecule has 5 rings (SSSR count). The van der Waals surface area contributed by atoms with E-state index in [-0.39, 0.29) is 30.7 Å². The molecular weight excluding hydrogens is 520 g/mol. The lowest BCUT2D eigenvalue weighted by molar-refractivity contribution is -0.226. The molecule has 0 aromatic heterocycles. The predicted molar refractivity (Wildman–Crippen MR) is 138 cm³/mol. The first-order valence-electron chi connectivity index (χ1n) is 13.6. The first kappa shape index (κ1) is 28.3. The number of ether oxygens (including phenoxy) is 5. The molecular formula is C30H36O10. The number of esters is 4. The number of allylic oxidation sites excluding steroid dienone is 2. The molecule has 5 aliphatic rings. The van der Waals surface area contributed by atoms with Gasteiger partial charge in [0.05, 0.1) is 32.2 Å². The molecule has 0 N–H and O–H groups in total. The van der Waals surface area contributed by atoms with Gasteiger partial charge in [-0.15, -0.1) is 0 Å². The Labute approximate surface area is 233 Å². The summed E-state index contributed by atoms with van der Waals surface area (Å²) in [7, 11) is 2.55. The molecule has 10 heteroatoms. The Morgan fingerprint density at radius 1 is 1.07 bits per heavy atom. The molecule has 216 valence electrons. The minimum atomic E-state index is -1.36. The van der Waals surface area contributed by atoms with Crippen LogP contribution in [0.2, 0.25) is 0 Å². The molecule has 0 unspecified atom stereocenters. The molecule has 0 amide bonds. The summed E-state index contributed by atoms with van der Waals surface area (Å²) in [4.78, 5) is 65.4. The molecule has 0 aromatic carbocycles. The van der Waals surface area contributed by atoms with Crippen LogP contribution in [-0.4, -0.2) is 68.8 Å². The highest BCUT2D eigenvalue weighted by molar-refractivity contribution is 6.00. The summed E-state index contributed by atoms with van der Waals surface area (Å²) in [6, 6.07) is 0. The van der Waals surface area contributed by atoms with Gasteiger partial charge < -0.3 is 23.7 Å². The molecule has 0 aromatic rings. The Morgan fingerprint density at radius 3 is 2.35 bits per heavy atom. The Balaban J connectivity index is 1.77. The van der Waals surface area contributed by atoms with Crippen molar-refractivity contribution in [1.29, 1.82) is 0 Å². The van der Waals surface area contributed by atoms with Gasteiger partial charge in [0.15, 0.2) is 5.78 Å². The zero-order valence-corrected chi connectivity index (χ0v) is 23.9. The van der Waals surface area contributed by atoms with Crippen molar-refractivity contribution in [3.05, 3.63) is 34.9 Å². The molecule has 1 saturated carbocycles. The number of fused-ring (bicyclic) bond motifs is 4. The van der Waals surface area contributed by atoms with E-state index in [0.29, 0.717) is 12.0 Å². The highest BCUT2D eigenvalue weighted by Gasteiger charge is 2.75. The fourth-order valence-corrected chi connectivity index (χ4v) is 8.73. The number of ketones is 1. The van der Waals surface area contributed by atoms with Gasteiger partial charge in [0.2, 0.25) is 0 Å². The molecule has 3 aliphatic carbocycles. The van der Waals surface area contributed by atoms with E-state index in [1.807, 2.05) is 13.8 Å². The molecule has 10 nitrogen and oxygen atoms in total. The van der Waals surface area contributed by atoms with Crippen molar-refractivity contribution in [2.45, 2.75) is 65.8 Å². The van der Waals surface area contributed by atoms with Crippen molar-refractivity contribution in [2.75, 3.05) is 20.8 Å². The van der Waals surface area contributed by atoms with Gasteiger partial charge in [-0.1, -0.05) is 25.5 Å². The molecule has 40 heavy (non-hydrogen) atoms. The summed E-state index contributed by atoms with van der Waals surface area (Å²) in [5.74, 6) is -4.19. The second kappa shape index (κ2) is 9.39. The van der Waals surface area contributed by atoms with Gasteiger partial charge in [0, 0.05) is 35.2 Å². The van der Waals surface area contributed by atoms with Crippen molar-refractivity contribution in [3.8, 4) is 0 Å². The van der Waals surface area contributed by atoms with Gasteiger partial charge >= 0.3 is 23.9 Å². The maximum Gasteiger partial charge on any atom is 0.334 e. The Kier molecular flexibility index (Phi) is 6.64. The summed E-state index contributed by atoms with van der Waals surface area (Å²) >= 11 is 0. The standard InChI is InChI=1S/C30H36O10/c1-14-17(16-9-11-38-26(16)34)12-18-22(14)30(5)19(13-21(33)36-6)29(4)20(32)8-10-28(3,27(35)37-7)24(29)23(25(30)40-18)39-15(2)31/h8-10,17-19,23-25H,11-13H2,1-7H3/t17-,18-,19-,23-,24+,25-,28-,29+,30-/m1/s1. The maximum absolute atomic E-state index is 14.0. The van der Waals surface area contributed by atoms with Gasteiger partial charge in [-0.25, -0.2) is 4.79 Å². The number of rotatable bonds is 5. The van der Waals surface area contributed by atoms with Crippen LogP contribution in [0.15, 0.2) is 34.9 Å². The second-order valence-electron chi connectivity index (χ2n) is 12.1. The lowest BCUT2D eigenvalue weighted by Crippen LogP contribution is -2.70. The largest absolute Gasteiger partial charge is 0.469 e. The van der Waals surface area contributed by atoms with Gasteiger partial charge in [0.1, 0.15) is 18.8 Å². The van der Waals surface area contributed by atoms with Crippen LogP contribution in [0.25, 0.3) is 0 Å². The van der Waals surface area contributed by atoms with Crippen LogP contribution in [0.1, 0.15) is 47.5 Å². The zero-order chi connectivity index (χ0) is 29.4. The van der Waals surface area contributed by atoms with Crippen LogP contribution in [0.4, 0.5) is 0 Å². The lowest BCUT2D eigenvalue weighted by atomic mass is 9.41. The van der Waals surface area contributed by atoms with Crippen molar-refractivity contribution >= 4 is 29.7 Å². The fourth-order valence-electron chi connectivity index (χ4n) is 8.73. The maximum atomic E-state index is 14.0. The molecule has 2 fully saturated rings. The summed E-state index contributed by atoms with van der Waals surface area (Å²) in [6.07, 6.45) is 2.74. The third-order valence-corrected chi connectivity index (χ3v) is 10.3. The molecule has 0 radical (unpaired) electrons. The van der Waals surface area contributed by atoms with Crippen LogP contribution in [-0.2, 0) is 47.7 Å². The SMILES string of the molecule is COC(=O)C[C@H]1[C@]2(C)C3=C(C)[C@H](C4=CCOC4=O)C[C@H]3O[C@@H]2[C@H](OC(C)=O)[C@@H]2[C@]1(C)C(=O)C=C[C@@]2(C)C(=O)OC. The number of methoxy groups -OCH3 is 2. The monoisotopic (exact) mass is 556 g/mol. The summed E-state index contributed by atoms with van der Waals surface area (Å²) in [5, 5.41) is 0. The van der Waals surface area contributed by atoms with E-state index in [1.54, 1.807) is 19.9 Å². The number of cyclic esters (lactones) is 1. The average Bonchev–Trinajstić information content (AvgIpc) is 3.56. The van der Waals surface area contributed by atoms with E-state index in [2.05, 4.69) is 0 Å². The Bertz CT molecular complexity index is 1290. The first-order valence-corrected chi connectivity index (χ1v) is 13.6. The third kappa shape index (κ3) is 3.60. The molecule has 2 aliphatic heterocycles. The van der Waals surface area contributed by atoms with E-state index in [1.165, 1.54) is 33.3 Å². The Morgan fingerprint density at radius 2 is 1.77 bits per heavy atom. The topological polar surface area (TPSA) is 131 Å². The van der Waals surface area contributed by atoms with Crippen LogP contribution >= 0.6 is 0 Å². The molecule has 0 bridgehead atoms. The molecule has 0 spiro atoms. The van der Waals surface area contributed by atoms with Crippen LogP contribution in [0, 0.1) is 34.0 Å². The minimum Gasteiger partial charge on any atom is -0.469 e. The van der Waals surface area contributed by atoms with Gasteiger partial charge in [0.25, 0.3) is 0 Å². The van der Waals surface area contributed by atoms with E-state index in [9.17, 15) is 24.0 Å². The third-order valence-electron chi connectivity index (χ3n) is 10.3. The zero-order valence-electron chi connectivity index (χ0n) is 23.9. The van der Waals surface area contributed by atoms with Crippen LogP contribution in [0.3, 0.4) is 0 Å². The highest BCUT2D eigenvalue weighted by Crippen LogP contribution is 2.70. The van der Waals surface area contributed by atoms with Crippen molar-refractivity contribution in [2.24, 2.45) is 34.0 Å². The number of hydrogen-bond donors (Lipinski definition) is 0. The fraction of sp³-hybridized carbons (Fsp3) is 0.633. The van der Waals surface area contributed by atoms with Gasteiger partial charge in [-0.3, -0.25) is 19.2 Å². The molecule has 1 saturated heterocycles. The smallest absolute Gasteiger partial charge is 0.334 e. The Hall–Kier alpha value is -3.27.